The predicted molar refractivity (Wildman–Crippen MR) is 146 cm³/mol. The van der Waals surface area contributed by atoms with Gasteiger partial charge in [0.2, 0.25) is 0 Å². The largest absolute Gasteiger partial charge is 0.322 e. The predicted octanol–water partition coefficient (Wildman–Crippen LogP) is 6.97. The molecule has 0 saturated heterocycles. The van der Waals surface area contributed by atoms with Crippen molar-refractivity contribution < 1.29 is 13.2 Å². The standard InChI is InChI=1S/C29H29BrN2O3S/c30-23-7-9-24(10-8-23)31-28(33)26-3-1-2-4-27(26)32-36(34,35)25-11-5-22(6-12-25)29-16-19-13-20(17-29)15-21(14-19)18-29/h1-12,19-21,32H,13-18H2,(H,31,33). The molecule has 0 atom stereocenters. The Kier molecular flexibility index (Phi) is 5.96. The molecule has 3 aromatic rings. The van der Waals surface area contributed by atoms with Crippen LogP contribution in [0.4, 0.5) is 11.4 Å². The molecule has 4 aliphatic carbocycles. The van der Waals surface area contributed by atoms with Crippen LogP contribution < -0.4 is 10.0 Å². The van der Waals surface area contributed by atoms with Gasteiger partial charge in [0.25, 0.3) is 15.9 Å². The van der Waals surface area contributed by atoms with Crippen molar-refractivity contribution in [2.45, 2.75) is 48.8 Å². The van der Waals surface area contributed by atoms with Gasteiger partial charge in [-0.25, -0.2) is 8.42 Å². The number of benzene rings is 3. The Hall–Kier alpha value is -2.64. The van der Waals surface area contributed by atoms with Crippen LogP contribution in [0.5, 0.6) is 0 Å². The van der Waals surface area contributed by atoms with Crippen LogP contribution >= 0.6 is 15.9 Å². The number of amides is 1. The minimum atomic E-state index is -3.86. The highest BCUT2D eigenvalue weighted by atomic mass is 79.9. The van der Waals surface area contributed by atoms with Gasteiger partial charge in [0, 0.05) is 10.2 Å². The van der Waals surface area contributed by atoms with Crippen LogP contribution in [0.2, 0.25) is 0 Å². The number of nitrogens with one attached hydrogen (secondary N) is 2. The Morgan fingerprint density at radius 2 is 1.39 bits per heavy atom. The molecule has 0 unspecified atom stereocenters. The number of anilines is 2. The van der Waals surface area contributed by atoms with Gasteiger partial charge in [-0.1, -0.05) is 40.2 Å². The number of hydrogen-bond acceptors (Lipinski definition) is 3. The first kappa shape index (κ1) is 23.7. The van der Waals surface area contributed by atoms with Crippen LogP contribution in [-0.4, -0.2) is 14.3 Å². The summed E-state index contributed by atoms with van der Waals surface area (Å²) in [7, 11) is -3.86. The second-order valence-electron chi connectivity index (χ2n) is 10.8. The summed E-state index contributed by atoms with van der Waals surface area (Å²) in [6.07, 6.45) is 7.86. The lowest BCUT2D eigenvalue weighted by atomic mass is 9.48. The van der Waals surface area contributed by atoms with E-state index in [2.05, 4.69) is 26.0 Å². The molecule has 1 amide bonds. The molecule has 7 rings (SSSR count). The molecule has 0 radical (unpaired) electrons. The van der Waals surface area contributed by atoms with E-state index in [0.717, 1.165) is 22.2 Å². The SMILES string of the molecule is O=C(Nc1ccc(Br)cc1)c1ccccc1NS(=O)(=O)c1ccc(C23CC4CC(CC(C4)C2)C3)cc1. The van der Waals surface area contributed by atoms with Crippen molar-refractivity contribution in [2.24, 2.45) is 17.8 Å². The highest BCUT2D eigenvalue weighted by Crippen LogP contribution is 2.60. The molecular weight excluding hydrogens is 536 g/mol. The molecule has 36 heavy (non-hydrogen) atoms. The van der Waals surface area contributed by atoms with Gasteiger partial charge in [0.1, 0.15) is 0 Å². The lowest BCUT2D eigenvalue weighted by Crippen LogP contribution is -2.48. The van der Waals surface area contributed by atoms with E-state index in [9.17, 15) is 13.2 Å². The van der Waals surface area contributed by atoms with E-state index >= 15 is 0 Å². The molecule has 3 aromatic carbocycles. The topological polar surface area (TPSA) is 75.3 Å². The van der Waals surface area contributed by atoms with Crippen molar-refractivity contribution in [3.05, 3.63) is 88.4 Å². The summed E-state index contributed by atoms with van der Waals surface area (Å²) in [5.41, 5.74) is 2.64. The number of rotatable bonds is 6. The van der Waals surface area contributed by atoms with E-state index < -0.39 is 10.0 Å². The third-order valence-electron chi connectivity index (χ3n) is 8.33. The van der Waals surface area contributed by atoms with Gasteiger partial charge in [-0.15, -0.1) is 0 Å². The molecule has 4 saturated carbocycles. The second-order valence-corrected chi connectivity index (χ2v) is 13.4. The number of carbonyl (C=O) groups excluding carboxylic acids is 1. The maximum absolute atomic E-state index is 13.3. The molecule has 7 heteroatoms. The fourth-order valence-electron chi connectivity index (χ4n) is 7.16. The summed E-state index contributed by atoms with van der Waals surface area (Å²) in [6.45, 7) is 0. The lowest BCUT2D eigenvalue weighted by Gasteiger charge is -2.57. The fourth-order valence-corrected chi connectivity index (χ4v) is 8.50. The Morgan fingerprint density at radius 1 is 0.806 bits per heavy atom. The van der Waals surface area contributed by atoms with Gasteiger partial charge in [-0.05, 0) is 116 Å². The second kappa shape index (κ2) is 9.03. The zero-order chi connectivity index (χ0) is 24.9. The third kappa shape index (κ3) is 4.48. The monoisotopic (exact) mass is 564 g/mol. The van der Waals surface area contributed by atoms with E-state index in [-0.39, 0.29) is 27.5 Å². The summed E-state index contributed by atoms with van der Waals surface area (Å²) in [5, 5.41) is 2.83. The van der Waals surface area contributed by atoms with E-state index in [1.54, 1.807) is 48.5 Å². The van der Waals surface area contributed by atoms with Crippen LogP contribution in [0.15, 0.2) is 82.2 Å². The van der Waals surface area contributed by atoms with E-state index in [4.69, 9.17) is 0 Å². The van der Waals surface area contributed by atoms with Crippen molar-refractivity contribution in [3.8, 4) is 0 Å². The summed E-state index contributed by atoms with van der Waals surface area (Å²) < 4.78 is 30.1. The van der Waals surface area contributed by atoms with Crippen molar-refractivity contribution in [1.29, 1.82) is 0 Å². The van der Waals surface area contributed by atoms with E-state index in [0.29, 0.717) is 5.69 Å². The number of carbonyl (C=O) groups is 1. The molecule has 4 bridgehead atoms. The first-order chi connectivity index (χ1) is 17.3. The van der Waals surface area contributed by atoms with Gasteiger partial charge in [0.15, 0.2) is 0 Å². The highest BCUT2D eigenvalue weighted by Gasteiger charge is 2.51. The van der Waals surface area contributed by atoms with E-state index in [1.165, 1.54) is 44.1 Å². The van der Waals surface area contributed by atoms with Crippen molar-refractivity contribution >= 4 is 43.2 Å². The molecular formula is C29H29BrN2O3S. The third-order valence-corrected chi connectivity index (χ3v) is 10.2. The van der Waals surface area contributed by atoms with Crippen molar-refractivity contribution in [2.75, 3.05) is 10.0 Å². The molecule has 5 nitrogen and oxygen atoms in total. The molecule has 0 spiro atoms. The quantitative estimate of drug-likeness (QED) is 0.339. The smallest absolute Gasteiger partial charge is 0.261 e. The average Bonchev–Trinajstić information content (AvgIpc) is 2.85. The van der Waals surface area contributed by atoms with Crippen molar-refractivity contribution in [1.82, 2.24) is 0 Å². The summed E-state index contributed by atoms with van der Waals surface area (Å²) >= 11 is 3.38. The molecule has 0 aromatic heterocycles. The Balaban J connectivity index is 1.21. The van der Waals surface area contributed by atoms with Gasteiger partial charge < -0.3 is 5.32 Å². The molecule has 0 aliphatic heterocycles. The van der Waals surface area contributed by atoms with Crippen LogP contribution in [0, 0.1) is 17.8 Å². The van der Waals surface area contributed by atoms with Crippen LogP contribution in [-0.2, 0) is 15.4 Å². The Labute approximate surface area is 220 Å². The fraction of sp³-hybridized carbons (Fsp3) is 0.345. The first-order valence-corrected chi connectivity index (χ1v) is 14.9. The summed E-state index contributed by atoms with van der Waals surface area (Å²) in [5.74, 6) is 2.12. The zero-order valence-corrected chi connectivity index (χ0v) is 22.3. The number of sulfonamides is 1. The molecule has 0 heterocycles. The lowest BCUT2D eigenvalue weighted by molar-refractivity contribution is -0.00521. The number of hydrogen-bond donors (Lipinski definition) is 2. The van der Waals surface area contributed by atoms with Gasteiger partial charge in [-0.2, -0.15) is 0 Å². The van der Waals surface area contributed by atoms with Crippen LogP contribution in [0.25, 0.3) is 0 Å². The summed E-state index contributed by atoms with van der Waals surface area (Å²) in [4.78, 5) is 13.1. The molecule has 2 N–H and O–H groups in total. The zero-order valence-electron chi connectivity index (χ0n) is 19.9. The maximum atomic E-state index is 13.3. The van der Waals surface area contributed by atoms with Gasteiger partial charge in [-0.3, -0.25) is 9.52 Å². The molecule has 4 fully saturated rings. The Morgan fingerprint density at radius 3 is 2.00 bits per heavy atom. The minimum Gasteiger partial charge on any atom is -0.322 e. The molecule has 4 aliphatic rings. The van der Waals surface area contributed by atoms with Crippen molar-refractivity contribution in [3.63, 3.8) is 0 Å². The molecule has 186 valence electrons. The highest BCUT2D eigenvalue weighted by molar-refractivity contribution is 9.10. The maximum Gasteiger partial charge on any atom is 0.261 e. The van der Waals surface area contributed by atoms with E-state index in [1.807, 2.05) is 24.3 Å². The average molecular weight is 566 g/mol. The van der Waals surface area contributed by atoms with Gasteiger partial charge in [0.05, 0.1) is 16.1 Å². The number of para-hydroxylation sites is 1. The van der Waals surface area contributed by atoms with Crippen LogP contribution in [0.1, 0.15) is 54.4 Å². The summed E-state index contributed by atoms with van der Waals surface area (Å²) in [6, 6.07) is 21.4. The minimum absolute atomic E-state index is 0.207. The Bertz CT molecular complexity index is 1370. The first-order valence-electron chi connectivity index (χ1n) is 12.6. The number of halogens is 1. The van der Waals surface area contributed by atoms with Gasteiger partial charge >= 0.3 is 0 Å². The van der Waals surface area contributed by atoms with Crippen LogP contribution in [0.3, 0.4) is 0 Å². The normalized spacial score (nSPS) is 26.5.